The third-order valence-electron chi connectivity index (χ3n) is 4.24. The monoisotopic (exact) mass is 399 g/mol. The van der Waals surface area contributed by atoms with Crippen molar-refractivity contribution in [2.24, 2.45) is 0 Å². The summed E-state index contributed by atoms with van der Waals surface area (Å²) in [7, 11) is 1.85. The number of H-pyrrole nitrogens is 1. The second-order valence-corrected chi connectivity index (χ2v) is 7.79. The number of aromatic nitrogens is 2. The molecule has 2 aromatic carbocycles. The van der Waals surface area contributed by atoms with Gasteiger partial charge in [-0.15, -0.1) is 11.8 Å². The largest absolute Gasteiger partial charge is 0.345 e. The SMILES string of the molecule is CN(CCCc1cc(-c2ccccc2)n[nH]1)C(=O)CSc1ccc(Cl)cc1. The molecule has 0 fully saturated rings. The van der Waals surface area contributed by atoms with Crippen LogP contribution < -0.4 is 0 Å². The normalized spacial score (nSPS) is 10.7. The minimum absolute atomic E-state index is 0.129. The quantitative estimate of drug-likeness (QED) is 0.547. The Morgan fingerprint density at radius 2 is 1.89 bits per heavy atom. The number of nitrogens with zero attached hydrogens (tertiary/aromatic N) is 2. The number of carbonyl (C=O) groups excluding carboxylic acids is 1. The van der Waals surface area contributed by atoms with Crippen molar-refractivity contribution >= 4 is 29.3 Å². The van der Waals surface area contributed by atoms with E-state index in [1.54, 1.807) is 4.90 Å². The van der Waals surface area contributed by atoms with Crippen LogP contribution in [-0.2, 0) is 11.2 Å². The first-order valence-corrected chi connectivity index (χ1v) is 10.2. The molecule has 27 heavy (non-hydrogen) atoms. The number of rotatable bonds is 8. The van der Waals surface area contributed by atoms with Gasteiger partial charge in [0.2, 0.25) is 5.91 Å². The highest BCUT2D eigenvalue weighted by Crippen LogP contribution is 2.21. The van der Waals surface area contributed by atoms with E-state index < -0.39 is 0 Å². The molecule has 0 spiro atoms. The van der Waals surface area contributed by atoms with Crippen LogP contribution >= 0.6 is 23.4 Å². The molecule has 1 N–H and O–H groups in total. The fraction of sp³-hybridized carbons (Fsp3) is 0.238. The molecular weight excluding hydrogens is 378 g/mol. The Morgan fingerprint density at radius 1 is 1.15 bits per heavy atom. The summed E-state index contributed by atoms with van der Waals surface area (Å²) in [5.41, 5.74) is 3.14. The molecule has 0 aliphatic carbocycles. The van der Waals surface area contributed by atoms with E-state index >= 15 is 0 Å². The van der Waals surface area contributed by atoms with Gasteiger partial charge in [0.05, 0.1) is 11.4 Å². The Morgan fingerprint density at radius 3 is 2.63 bits per heavy atom. The molecule has 0 unspecified atom stereocenters. The molecule has 3 aromatic rings. The average molecular weight is 400 g/mol. The number of amides is 1. The van der Waals surface area contributed by atoms with E-state index in [0.717, 1.165) is 41.2 Å². The number of aromatic amines is 1. The van der Waals surface area contributed by atoms with Gasteiger partial charge in [0.1, 0.15) is 0 Å². The van der Waals surface area contributed by atoms with E-state index in [0.29, 0.717) is 10.8 Å². The fourth-order valence-electron chi connectivity index (χ4n) is 2.66. The van der Waals surface area contributed by atoms with Crippen LogP contribution in [0.4, 0.5) is 0 Å². The second kappa shape index (κ2) is 9.62. The van der Waals surface area contributed by atoms with Gasteiger partial charge in [-0.25, -0.2) is 0 Å². The van der Waals surface area contributed by atoms with Gasteiger partial charge in [-0.3, -0.25) is 9.89 Å². The predicted molar refractivity (Wildman–Crippen MR) is 112 cm³/mol. The van der Waals surface area contributed by atoms with Crippen LogP contribution in [0.1, 0.15) is 12.1 Å². The Kier molecular flexibility index (Phi) is 6.96. The molecule has 1 aromatic heterocycles. The van der Waals surface area contributed by atoms with Crippen molar-refractivity contribution in [1.82, 2.24) is 15.1 Å². The molecule has 6 heteroatoms. The highest BCUT2D eigenvalue weighted by atomic mass is 35.5. The zero-order valence-corrected chi connectivity index (χ0v) is 16.8. The molecule has 0 atom stereocenters. The maximum atomic E-state index is 12.3. The molecule has 0 aliphatic rings. The van der Waals surface area contributed by atoms with Crippen LogP contribution in [0, 0.1) is 0 Å². The van der Waals surface area contributed by atoms with Crippen molar-refractivity contribution in [3.63, 3.8) is 0 Å². The molecule has 1 heterocycles. The number of halogens is 1. The molecule has 0 saturated carbocycles. The lowest BCUT2D eigenvalue weighted by Crippen LogP contribution is -2.29. The van der Waals surface area contributed by atoms with E-state index in [2.05, 4.69) is 16.3 Å². The molecule has 0 aliphatic heterocycles. The van der Waals surface area contributed by atoms with Gasteiger partial charge < -0.3 is 4.90 Å². The van der Waals surface area contributed by atoms with E-state index in [9.17, 15) is 4.79 Å². The van der Waals surface area contributed by atoms with Crippen molar-refractivity contribution in [3.8, 4) is 11.3 Å². The van der Waals surface area contributed by atoms with E-state index in [1.165, 1.54) is 11.8 Å². The number of thioether (sulfide) groups is 1. The zero-order chi connectivity index (χ0) is 19.1. The van der Waals surface area contributed by atoms with Crippen LogP contribution in [-0.4, -0.2) is 40.3 Å². The summed E-state index contributed by atoms with van der Waals surface area (Å²) in [5, 5.41) is 8.17. The fourth-order valence-corrected chi connectivity index (χ4v) is 3.63. The van der Waals surface area contributed by atoms with E-state index in [-0.39, 0.29) is 5.91 Å². The van der Waals surface area contributed by atoms with Gasteiger partial charge in [0.25, 0.3) is 0 Å². The number of carbonyl (C=O) groups is 1. The Balaban J connectivity index is 1.41. The third-order valence-corrected chi connectivity index (χ3v) is 5.49. The van der Waals surface area contributed by atoms with Crippen LogP contribution in [0.25, 0.3) is 11.3 Å². The second-order valence-electron chi connectivity index (χ2n) is 6.31. The molecule has 4 nitrogen and oxygen atoms in total. The lowest BCUT2D eigenvalue weighted by Gasteiger charge is -2.16. The summed E-state index contributed by atoms with van der Waals surface area (Å²) in [6.07, 6.45) is 1.76. The predicted octanol–water partition coefficient (Wildman–Crippen LogP) is 4.91. The smallest absolute Gasteiger partial charge is 0.232 e. The van der Waals surface area contributed by atoms with Gasteiger partial charge >= 0.3 is 0 Å². The third kappa shape index (κ3) is 5.88. The first kappa shape index (κ1) is 19.5. The van der Waals surface area contributed by atoms with Gasteiger partial charge in [-0.1, -0.05) is 41.9 Å². The van der Waals surface area contributed by atoms with E-state index in [1.807, 2.05) is 61.6 Å². The van der Waals surface area contributed by atoms with Crippen molar-refractivity contribution in [2.75, 3.05) is 19.3 Å². The molecule has 3 rings (SSSR count). The van der Waals surface area contributed by atoms with Gasteiger partial charge in [-0.2, -0.15) is 5.10 Å². The van der Waals surface area contributed by atoms with Gasteiger partial charge in [-0.05, 0) is 43.2 Å². The van der Waals surface area contributed by atoms with Crippen molar-refractivity contribution in [2.45, 2.75) is 17.7 Å². The van der Waals surface area contributed by atoms with Crippen LogP contribution in [0.15, 0.2) is 65.6 Å². The number of hydrogen-bond acceptors (Lipinski definition) is 3. The van der Waals surface area contributed by atoms with Crippen LogP contribution in [0.5, 0.6) is 0 Å². The average Bonchev–Trinajstić information content (AvgIpc) is 3.17. The van der Waals surface area contributed by atoms with Gasteiger partial charge in [0, 0.05) is 34.8 Å². The molecule has 0 bridgehead atoms. The minimum atomic E-state index is 0.129. The van der Waals surface area contributed by atoms with Gasteiger partial charge in [0.15, 0.2) is 0 Å². The molecule has 1 amide bonds. The van der Waals surface area contributed by atoms with Crippen LogP contribution in [0.3, 0.4) is 0 Å². The lowest BCUT2D eigenvalue weighted by atomic mass is 10.1. The molecular formula is C21H22ClN3OS. The van der Waals surface area contributed by atoms with E-state index in [4.69, 9.17) is 11.6 Å². The number of nitrogens with one attached hydrogen (secondary N) is 1. The van der Waals surface area contributed by atoms with Crippen molar-refractivity contribution < 1.29 is 4.79 Å². The van der Waals surface area contributed by atoms with Crippen molar-refractivity contribution in [1.29, 1.82) is 0 Å². The topological polar surface area (TPSA) is 49.0 Å². The molecule has 140 valence electrons. The summed E-state index contributed by atoms with van der Waals surface area (Å²) < 4.78 is 0. The number of aryl methyl sites for hydroxylation is 1. The maximum absolute atomic E-state index is 12.3. The highest BCUT2D eigenvalue weighted by molar-refractivity contribution is 8.00. The maximum Gasteiger partial charge on any atom is 0.232 e. The molecule has 0 radical (unpaired) electrons. The highest BCUT2D eigenvalue weighted by Gasteiger charge is 2.10. The minimum Gasteiger partial charge on any atom is -0.345 e. The summed E-state index contributed by atoms with van der Waals surface area (Å²) in [6.45, 7) is 0.722. The summed E-state index contributed by atoms with van der Waals surface area (Å²) in [4.78, 5) is 15.1. The summed E-state index contributed by atoms with van der Waals surface area (Å²) in [5.74, 6) is 0.560. The summed E-state index contributed by atoms with van der Waals surface area (Å²) in [6, 6.07) is 19.7. The lowest BCUT2D eigenvalue weighted by molar-refractivity contribution is -0.127. The Labute approximate surface area is 168 Å². The zero-order valence-electron chi connectivity index (χ0n) is 15.2. The Hall–Kier alpha value is -2.24. The standard InChI is InChI=1S/C21H22ClN3OS/c1-25(21(26)15-27-19-11-9-17(22)10-12-19)13-5-8-18-14-20(24-23-18)16-6-3-2-4-7-16/h2-4,6-7,9-12,14H,5,8,13,15H2,1H3,(H,23,24). The van der Waals surface area contributed by atoms with Crippen LogP contribution in [0.2, 0.25) is 5.02 Å². The number of hydrogen-bond donors (Lipinski definition) is 1. The first-order chi connectivity index (χ1) is 13.1. The Bertz CT molecular complexity index is 865. The summed E-state index contributed by atoms with van der Waals surface area (Å²) >= 11 is 7.41. The van der Waals surface area contributed by atoms with Crippen molar-refractivity contribution in [3.05, 3.63) is 71.4 Å². The number of benzene rings is 2. The first-order valence-electron chi connectivity index (χ1n) is 8.84. The molecule has 0 saturated heterocycles.